The third kappa shape index (κ3) is 45.1. The van der Waals surface area contributed by atoms with Crippen molar-refractivity contribution in [2.45, 2.75) is 0 Å². The Hall–Kier alpha value is 3.35. The van der Waals surface area contributed by atoms with Crippen LogP contribution in [0.3, 0.4) is 0 Å². The Labute approximate surface area is 131 Å². The molecule has 0 saturated heterocycles. The molecule has 0 atom stereocenters. The zero-order valence-electron chi connectivity index (χ0n) is 6.42. The largest absolute Gasteiger partial charge is 1.00 e. The van der Waals surface area contributed by atoms with Gasteiger partial charge in [0.05, 0.1) is 0 Å². The van der Waals surface area contributed by atoms with E-state index < -0.39 is 15.7 Å². The average molecular weight is 266 g/mol. The van der Waals surface area contributed by atoms with Gasteiger partial charge in [0.25, 0.3) is 0 Å². The summed E-state index contributed by atoms with van der Waals surface area (Å²) in [6.45, 7) is 0. The fraction of sp³-hybridized carbons (Fsp3) is 0. The average Bonchev–Trinajstić information content (AvgIpc) is 0.918. The van der Waals surface area contributed by atoms with Crippen LogP contribution in [0.2, 0.25) is 0 Å². The molecule has 0 aliphatic rings. The molecular weight excluding hydrogens is 261 g/mol. The quantitative estimate of drug-likeness (QED) is 0.442. The van der Waals surface area contributed by atoms with Gasteiger partial charge in [0.15, 0.2) is 0 Å². The Morgan fingerprint density at radius 3 is 1.57 bits per heavy atom. The minimum atomic E-state index is -1.94. The van der Waals surface area contributed by atoms with Gasteiger partial charge in [0, 0.05) is 25.8 Å². The monoisotopic (exact) mass is 267 g/mol. The molecule has 1 radical (unpaired) electrons. The molecule has 0 spiro atoms. The van der Waals surface area contributed by atoms with Crippen LogP contribution in [0.25, 0.3) is 0 Å². The Balaban J connectivity index is -0.00000000133. The molecule has 0 rings (SSSR count). The summed E-state index contributed by atoms with van der Waals surface area (Å²) < 4.78 is 15.8. The molecule has 33 valence electrons. The van der Waals surface area contributed by atoms with E-state index in [0.29, 0.717) is 0 Å². The van der Waals surface area contributed by atoms with Crippen molar-refractivity contribution in [2.24, 2.45) is 0 Å². The van der Waals surface area contributed by atoms with E-state index in [-0.39, 0.29) is 110 Å². The molecule has 0 unspecified atom stereocenters. The molecule has 0 amide bonds. The summed E-state index contributed by atoms with van der Waals surface area (Å²) in [4.78, 5) is 0. The van der Waals surface area contributed by atoms with Crippen molar-refractivity contribution in [3.8, 4) is 0 Å². The van der Waals surface area contributed by atoms with Gasteiger partial charge in [0.1, 0.15) is 0 Å². The zero-order chi connectivity index (χ0) is 2.71. The Kier molecular flexibility index (Phi) is 156. The normalized spacial score (nSPS) is 1.71. The first-order valence-corrected chi connectivity index (χ1v) is 2.57. The van der Waals surface area contributed by atoms with E-state index in [9.17, 15) is 0 Å². The summed E-state index contributed by atoms with van der Waals surface area (Å²) in [5, 5.41) is 0. The summed E-state index contributed by atoms with van der Waals surface area (Å²) in [5.74, 6) is 0. The summed E-state index contributed by atoms with van der Waals surface area (Å²) in [6.07, 6.45) is 0. The first-order valence-electron chi connectivity index (χ1n) is 0.494. The Morgan fingerprint density at radius 1 is 1.57 bits per heavy atom. The maximum Gasteiger partial charge on any atom is 1.00 e. The van der Waals surface area contributed by atoms with Crippen molar-refractivity contribution < 1.29 is 118 Å². The fourth-order valence-corrected chi connectivity index (χ4v) is 0. The molecule has 0 aromatic carbocycles. The van der Waals surface area contributed by atoms with E-state index in [4.69, 9.17) is 7.91 Å². The van der Waals surface area contributed by atoms with Crippen LogP contribution in [0.1, 0.15) is 2.85 Å². The summed E-state index contributed by atoms with van der Waals surface area (Å²) in [7, 11) is 0. The second kappa shape index (κ2) is 34.5. The Bertz CT molecular complexity index is 32.0. The minimum Gasteiger partial charge on any atom is 0 e. The van der Waals surface area contributed by atoms with Gasteiger partial charge in [-0.15, -0.1) is 0 Å². The molecule has 7 heteroatoms. The van der Waals surface area contributed by atoms with Gasteiger partial charge in [-0.3, -0.25) is 4.70 Å². The summed E-state index contributed by atoms with van der Waals surface area (Å²) >= 11 is -1.94. The van der Waals surface area contributed by atoms with Crippen LogP contribution in [-0.4, -0.2) is 19.8 Å². The molecule has 1 N–H and O–H groups in total. The van der Waals surface area contributed by atoms with Gasteiger partial charge in [-0.1, -0.05) is 0 Å². The second-order valence-corrected chi connectivity index (χ2v) is 0.548. The van der Waals surface area contributed by atoms with E-state index in [1.807, 2.05) is 0 Å². The van der Waals surface area contributed by atoms with Crippen LogP contribution in [0.15, 0.2) is 0 Å². The fourth-order valence-electron chi connectivity index (χ4n) is 0. The standard InChI is InChI=1S/FH.GeH2O2.Li.Rb.Sc.2H/c;2-1-3;;;;;/h1H;1-2H;;;;;/q;;2*+1;;2*-1. The van der Waals surface area contributed by atoms with Crippen LogP contribution in [0.5, 0.6) is 0 Å². The van der Waals surface area contributed by atoms with E-state index >= 15 is 0 Å². The van der Waals surface area contributed by atoms with Crippen LogP contribution in [0.4, 0.5) is 4.70 Å². The topological polar surface area (TPSA) is 37.3 Å². The van der Waals surface area contributed by atoms with Crippen LogP contribution >= 0.6 is 0 Å². The predicted octanol–water partition coefficient (Wildman–Crippen LogP) is -6.94. The molecule has 0 fully saturated rings. The van der Waals surface area contributed by atoms with Crippen molar-refractivity contribution in [1.29, 1.82) is 0 Å². The number of halogens is 1. The zero-order valence-corrected chi connectivity index (χ0v) is 13.6. The van der Waals surface area contributed by atoms with Gasteiger partial charge in [-0.2, -0.15) is 0 Å². The number of hydrogen-bond acceptors (Lipinski definition) is 1. The predicted molar refractivity (Wildman–Crippen MR) is 14.8 cm³/mol. The molecule has 0 bridgehead atoms. The van der Waals surface area contributed by atoms with Crippen molar-refractivity contribution >= 4 is 15.7 Å². The van der Waals surface area contributed by atoms with E-state index in [1.165, 1.54) is 0 Å². The van der Waals surface area contributed by atoms with Crippen molar-refractivity contribution in [1.82, 2.24) is 0 Å². The maximum absolute atomic E-state index is 8.64. The molecule has 0 heterocycles. The van der Waals surface area contributed by atoms with Crippen molar-refractivity contribution in [3.05, 3.63) is 0 Å². The molecule has 7 heavy (non-hydrogen) atoms. The third-order valence-corrected chi connectivity index (χ3v) is 0. The second-order valence-electron chi connectivity index (χ2n) is 0.105. The number of rotatable bonds is 0. The smallest absolute Gasteiger partial charge is 0 e. The van der Waals surface area contributed by atoms with Gasteiger partial charge in [0.2, 0.25) is 0 Å². The minimum absolute atomic E-state index is 0. The molecule has 0 aliphatic carbocycles. The van der Waals surface area contributed by atoms with Crippen molar-refractivity contribution in [3.63, 3.8) is 0 Å². The van der Waals surface area contributed by atoms with Crippen molar-refractivity contribution in [2.75, 3.05) is 0 Å². The SMILES string of the molecule is F.[H-].[H-].[Li+].[O]=[GeH][OH].[Rb+].[Sc]. The number of hydrogen-bond donors (Lipinski definition) is 1. The van der Waals surface area contributed by atoms with E-state index in [1.54, 1.807) is 0 Å². The molecular formula is H5FGeLiO2RbSc. The molecule has 2 nitrogen and oxygen atoms in total. The van der Waals surface area contributed by atoms with Crippen LogP contribution < -0.4 is 77.0 Å². The molecule has 0 saturated carbocycles. The van der Waals surface area contributed by atoms with Gasteiger partial charge >= 0.3 is 101 Å². The molecule has 0 aliphatic heterocycles. The van der Waals surface area contributed by atoms with Crippen LogP contribution in [-0.2, 0) is 29.6 Å². The first kappa shape index (κ1) is 31.6. The van der Waals surface area contributed by atoms with Gasteiger partial charge in [-0.05, 0) is 0 Å². The summed E-state index contributed by atoms with van der Waals surface area (Å²) in [5.41, 5.74) is 0. The summed E-state index contributed by atoms with van der Waals surface area (Å²) in [6, 6.07) is 0. The van der Waals surface area contributed by atoms with Crippen LogP contribution in [0, 0.1) is 0 Å². The van der Waals surface area contributed by atoms with E-state index in [2.05, 4.69) is 0 Å². The Morgan fingerprint density at radius 2 is 1.57 bits per heavy atom. The maximum atomic E-state index is 8.64. The molecule has 0 aromatic heterocycles. The molecule has 0 aromatic rings. The van der Waals surface area contributed by atoms with E-state index in [0.717, 1.165) is 0 Å². The first-order chi connectivity index (χ1) is 1.41. The van der Waals surface area contributed by atoms with Gasteiger partial charge in [-0.25, -0.2) is 0 Å². The van der Waals surface area contributed by atoms with Gasteiger partial charge < -0.3 is 2.85 Å². The third-order valence-electron chi connectivity index (χ3n) is 0.